The quantitative estimate of drug-likeness (QED) is 0.784. The molecule has 0 amide bonds. The molecule has 0 saturated carbocycles. The average Bonchev–Trinajstić information content (AvgIpc) is 2.37. The number of fused-ring (bicyclic) bond motifs is 2. The third-order valence-electron chi connectivity index (χ3n) is 4.10. The Balaban J connectivity index is 1.85. The second-order valence-electron chi connectivity index (χ2n) is 5.45. The van der Waals surface area contributed by atoms with Crippen molar-refractivity contribution in [2.75, 3.05) is 13.1 Å². The highest BCUT2D eigenvalue weighted by molar-refractivity contribution is 6.29. The van der Waals surface area contributed by atoms with Gasteiger partial charge in [-0.2, -0.15) is 0 Å². The molecular weight excluding hydrogens is 244 g/mol. The van der Waals surface area contributed by atoms with Crippen molar-refractivity contribution in [1.82, 2.24) is 10.3 Å². The van der Waals surface area contributed by atoms with Crippen LogP contribution in [0.25, 0.3) is 5.57 Å². The topological polar surface area (TPSA) is 24.9 Å². The molecule has 1 N–H and O–H groups in total. The molecule has 0 aromatic carbocycles. The lowest BCUT2D eigenvalue weighted by atomic mass is 9.77. The van der Waals surface area contributed by atoms with E-state index in [0.29, 0.717) is 5.15 Å². The first-order chi connectivity index (χ1) is 8.81. The molecule has 3 rings (SSSR count). The number of rotatable bonds is 1. The largest absolute Gasteiger partial charge is 0.317 e. The van der Waals surface area contributed by atoms with Gasteiger partial charge in [0.15, 0.2) is 0 Å². The Hall–Kier alpha value is -0.860. The van der Waals surface area contributed by atoms with E-state index in [4.69, 9.17) is 11.6 Å². The normalized spacial score (nSPS) is 28.2. The zero-order valence-electron chi connectivity index (χ0n) is 10.5. The molecule has 0 radical (unpaired) electrons. The third kappa shape index (κ3) is 2.76. The molecule has 2 unspecified atom stereocenters. The predicted octanol–water partition coefficient (Wildman–Crippen LogP) is 3.53. The van der Waals surface area contributed by atoms with E-state index < -0.39 is 0 Å². The highest BCUT2D eigenvalue weighted by atomic mass is 35.5. The minimum absolute atomic E-state index is 0.577. The number of aromatic nitrogens is 1. The molecule has 1 aromatic rings. The van der Waals surface area contributed by atoms with Gasteiger partial charge in [0, 0.05) is 6.20 Å². The monoisotopic (exact) mass is 262 g/mol. The number of hydrogen-bond donors (Lipinski definition) is 1. The summed E-state index contributed by atoms with van der Waals surface area (Å²) in [6.45, 7) is 2.32. The van der Waals surface area contributed by atoms with Gasteiger partial charge >= 0.3 is 0 Å². The molecule has 1 fully saturated rings. The van der Waals surface area contributed by atoms with Gasteiger partial charge in [0.05, 0.1) is 0 Å². The fourth-order valence-corrected chi connectivity index (χ4v) is 3.27. The van der Waals surface area contributed by atoms with Gasteiger partial charge in [-0.15, -0.1) is 0 Å². The molecule has 96 valence electrons. The van der Waals surface area contributed by atoms with Crippen molar-refractivity contribution >= 4 is 17.2 Å². The minimum atomic E-state index is 0.577. The summed E-state index contributed by atoms with van der Waals surface area (Å²) in [5.41, 5.74) is 2.73. The number of pyridine rings is 1. The van der Waals surface area contributed by atoms with E-state index in [0.717, 1.165) is 18.4 Å². The molecule has 0 spiro atoms. The van der Waals surface area contributed by atoms with Crippen LogP contribution in [0, 0.1) is 11.8 Å². The molecular formula is C15H19ClN2. The Morgan fingerprint density at radius 3 is 2.94 bits per heavy atom. The van der Waals surface area contributed by atoms with E-state index in [9.17, 15) is 0 Å². The molecule has 18 heavy (non-hydrogen) atoms. The summed E-state index contributed by atoms with van der Waals surface area (Å²) in [6.07, 6.45) is 9.51. The van der Waals surface area contributed by atoms with E-state index in [1.807, 2.05) is 12.3 Å². The van der Waals surface area contributed by atoms with Crippen LogP contribution in [0.1, 0.15) is 31.2 Å². The Bertz CT molecular complexity index is 438. The van der Waals surface area contributed by atoms with Gasteiger partial charge in [-0.3, -0.25) is 0 Å². The van der Waals surface area contributed by atoms with Gasteiger partial charge in [-0.05, 0) is 67.8 Å². The van der Waals surface area contributed by atoms with Gasteiger partial charge in [0.1, 0.15) is 5.15 Å². The van der Waals surface area contributed by atoms with E-state index in [2.05, 4.69) is 22.4 Å². The molecule has 2 bridgehead atoms. The second kappa shape index (κ2) is 5.41. The van der Waals surface area contributed by atoms with Crippen LogP contribution in [0.4, 0.5) is 0 Å². The first-order valence-corrected chi connectivity index (χ1v) is 7.22. The fraction of sp³-hybridized carbons (Fsp3) is 0.533. The van der Waals surface area contributed by atoms with Gasteiger partial charge in [0.2, 0.25) is 0 Å². The summed E-state index contributed by atoms with van der Waals surface area (Å²) in [4.78, 5) is 4.20. The van der Waals surface area contributed by atoms with E-state index in [-0.39, 0.29) is 0 Å². The van der Waals surface area contributed by atoms with Crippen LogP contribution in [-0.4, -0.2) is 18.1 Å². The first-order valence-electron chi connectivity index (χ1n) is 6.84. The van der Waals surface area contributed by atoms with E-state index in [1.54, 1.807) is 0 Å². The second-order valence-corrected chi connectivity index (χ2v) is 5.84. The van der Waals surface area contributed by atoms with Gasteiger partial charge < -0.3 is 5.32 Å². The van der Waals surface area contributed by atoms with Crippen LogP contribution in [0.3, 0.4) is 0 Å². The Labute approximate surface area is 113 Å². The maximum absolute atomic E-state index is 5.86. The standard InChI is InChI=1S/C15H19ClN2/c16-15-2-1-13(10-18-15)14-8-11-3-5-17-6-4-12(7-11)9-14/h1-2,8,10-12,17H,3-7,9H2. The number of nitrogens with one attached hydrogen (secondary N) is 1. The van der Waals surface area contributed by atoms with Crippen LogP contribution >= 0.6 is 11.6 Å². The zero-order valence-corrected chi connectivity index (χ0v) is 11.3. The summed E-state index contributed by atoms with van der Waals surface area (Å²) in [5, 5.41) is 4.10. The zero-order chi connectivity index (χ0) is 12.4. The first kappa shape index (κ1) is 12.2. The minimum Gasteiger partial charge on any atom is -0.317 e. The van der Waals surface area contributed by atoms with Crippen LogP contribution < -0.4 is 5.32 Å². The van der Waals surface area contributed by atoms with Crippen molar-refractivity contribution in [2.24, 2.45) is 11.8 Å². The molecule has 2 aliphatic rings. The van der Waals surface area contributed by atoms with Crippen molar-refractivity contribution in [2.45, 2.75) is 25.7 Å². The Morgan fingerprint density at radius 2 is 2.11 bits per heavy atom. The third-order valence-corrected chi connectivity index (χ3v) is 4.32. The van der Waals surface area contributed by atoms with Crippen LogP contribution in [0.15, 0.2) is 24.4 Å². The predicted molar refractivity (Wildman–Crippen MR) is 75.5 cm³/mol. The average molecular weight is 263 g/mol. The highest BCUT2D eigenvalue weighted by Crippen LogP contribution is 2.37. The smallest absolute Gasteiger partial charge is 0.129 e. The maximum Gasteiger partial charge on any atom is 0.129 e. The Morgan fingerprint density at radius 1 is 1.22 bits per heavy atom. The molecule has 3 heteroatoms. The SMILES string of the molecule is Clc1ccc(C2=CC3CCNCCC(C2)C3)cn1. The molecule has 2 nitrogen and oxygen atoms in total. The lowest BCUT2D eigenvalue weighted by molar-refractivity contribution is 0.334. The molecule has 1 aliphatic carbocycles. The Kier molecular flexibility index (Phi) is 3.67. The number of halogens is 1. The van der Waals surface area contributed by atoms with Gasteiger partial charge in [-0.1, -0.05) is 23.7 Å². The molecule has 1 aliphatic heterocycles. The summed E-state index contributed by atoms with van der Waals surface area (Å²) >= 11 is 5.86. The molecule has 2 heterocycles. The van der Waals surface area contributed by atoms with E-state index in [1.165, 1.54) is 43.4 Å². The van der Waals surface area contributed by atoms with Crippen molar-refractivity contribution in [3.05, 3.63) is 35.1 Å². The number of nitrogens with zero attached hydrogens (tertiary/aromatic N) is 1. The van der Waals surface area contributed by atoms with Crippen LogP contribution in [-0.2, 0) is 0 Å². The van der Waals surface area contributed by atoms with Gasteiger partial charge in [0.25, 0.3) is 0 Å². The van der Waals surface area contributed by atoms with Gasteiger partial charge in [-0.25, -0.2) is 4.98 Å². The van der Waals surface area contributed by atoms with Crippen molar-refractivity contribution < 1.29 is 0 Å². The number of hydrogen-bond acceptors (Lipinski definition) is 2. The van der Waals surface area contributed by atoms with E-state index >= 15 is 0 Å². The van der Waals surface area contributed by atoms with Crippen molar-refractivity contribution in [3.63, 3.8) is 0 Å². The lowest BCUT2D eigenvalue weighted by Crippen LogP contribution is -2.28. The number of allylic oxidation sites excluding steroid dienone is 2. The molecule has 2 atom stereocenters. The molecule has 1 aromatic heterocycles. The van der Waals surface area contributed by atoms with Crippen LogP contribution in [0.5, 0.6) is 0 Å². The van der Waals surface area contributed by atoms with Crippen LogP contribution in [0.2, 0.25) is 5.15 Å². The summed E-state index contributed by atoms with van der Waals surface area (Å²) in [5.74, 6) is 1.57. The summed E-state index contributed by atoms with van der Waals surface area (Å²) in [6, 6.07) is 3.99. The van der Waals surface area contributed by atoms with Crippen molar-refractivity contribution in [1.29, 1.82) is 0 Å². The highest BCUT2D eigenvalue weighted by Gasteiger charge is 2.24. The summed E-state index contributed by atoms with van der Waals surface area (Å²) in [7, 11) is 0. The molecule has 1 saturated heterocycles. The fourth-order valence-electron chi connectivity index (χ4n) is 3.16. The summed E-state index contributed by atoms with van der Waals surface area (Å²) < 4.78 is 0. The maximum atomic E-state index is 5.86. The lowest BCUT2D eigenvalue weighted by Gasteiger charge is -2.31. The van der Waals surface area contributed by atoms with Crippen molar-refractivity contribution in [3.8, 4) is 0 Å².